The number of amides is 2. The number of carboxylic acid groups (broad SMARTS) is 1. The maximum atomic E-state index is 13.3. The van der Waals surface area contributed by atoms with Gasteiger partial charge >= 0.3 is 5.97 Å². The average molecular weight is 476 g/mol. The molecule has 1 aromatic carbocycles. The van der Waals surface area contributed by atoms with Crippen LogP contribution in [0, 0.1) is 11.8 Å². The highest BCUT2D eigenvalue weighted by molar-refractivity contribution is 7.80. The minimum absolute atomic E-state index is 0.261. The molecule has 182 valence electrons. The van der Waals surface area contributed by atoms with Gasteiger partial charge in [-0.15, -0.1) is 0 Å². The Labute approximate surface area is 202 Å². The molecule has 1 saturated heterocycles. The van der Waals surface area contributed by atoms with Crippen molar-refractivity contribution >= 4 is 34.9 Å². The van der Waals surface area contributed by atoms with Gasteiger partial charge in [-0.05, 0) is 49.5 Å². The molecule has 8 heteroatoms. The molecule has 0 unspecified atom stereocenters. The van der Waals surface area contributed by atoms with Crippen molar-refractivity contribution in [3.05, 3.63) is 35.9 Å². The molecule has 0 radical (unpaired) electrons. The third-order valence-corrected chi connectivity index (χ3v) is 6.41. The van der Waals surface area contributed by atoms with Crippen molar-refractivity contribution in [2.45, 2.75) is 77.4 Å². The lowest BCUT2D eigenvalue weighted by Crippen LogP contribution is -2.54. The fraction of sp³-hybridized carbons (Fsp3) is 0.600. The summed E-state index contributed by atoms with van der Waals surface area (Å²) in [5, 5.41) is 12.1. The number of rotatable bonds is 12. The zero-order valence-corrected chi connectivity index (χ0v) is 20.6. The summed E-state index contributed by atoms with van der Waals surface area (Å²) >= 11 is 5.79. The van der Waals surface area contributed by atoms with Gasteiger partial charge in [-0.25, -0.2) is 0 Å². The number of nitrogens with zero attached hydrogens (tertiary/aromatic N) is 1. The van der Waals surface area contributed by atoms with Gasteiger partial charge in [0.1, 0.15) is 6.04 Å². The highest BCUT2D eigenvalue weighted by atomic mass is 32.1. The Morgan fingerprint density at radius 1 is 1.18 bits per heavy atom. The SMILES string of the molecule is CC(C)C[C@@H](C)CC(=S)[C@H](Cc1ccccc1)NC(=O)[C@@H]1CCCN1C(=O)[C@@H](N)CC(=O)O. The van der Waals surface area contributed by atoms with Crippen LogP contribution in [0.2, 0.25) is 0 Å². The standard InChI is InChI=1S/C25H37N3O4S/c1-16(2)12-17(3)13-22(33)20(14-18-8-5-4-6-9-18)27-24(31)21-10-7-11-28(21)25(32)19(26)15-23(29)30/h4-6,8-9,16-17,19-21H,7,10-15,26H2,1-3H3,(H,27,31)(H,29,30)/t17-,19+,20+,21+/m1/s1. The van der Waals surface area contributed by atoms with Crippen molar-refractivity contribution in [3.8, 4) is 0 Å². The number of carbonyl (C=O) groups excluding carboxylic acids is 2. The fourth-order valence-corrected chi connectivity index (χ4v) is 4.96. The summed E-state index contributed by atoms with van der Waals surface area (Å²) in [4.78, 5) is 39.1. The van der Waals surface area contributed by atoms with Crippen LogP contribution in [0.15, 0.2) is 30.3 Å². The molecule has 1 aliphatic heterocycles. The molecule has 1 aromatic rings. The van der Waals surface area contributed by atoms with Crippen LogP contribution in [0.25, 0.3) is 0 Å². The summed E-state index contributed by atoms with van der Waals surface area (Å²) in [6.45, 7) is 6.94. The summed E-state index contributed by atoms with van der Waals surface area (Å²) < 4.78 is 0. The third kappa shape index (κ3) is 8.51. The monoisotopic (exact) mass is 475 g/mol. The smallest absolute Gasteiger partial charge is 0.305 e. The molecule has 2 rings (SSSR count). The first-order valence-corrected chi connectivity index (χ1v) is 12.1. The first kappa shape index (κ1) is 26.9. The van der Waals surface area contributed by atoms with Gasteiger partial charge in [-0.2, -0.15) is 0 Å². The quantitative estimate of drug-likeness (QED) is 0.401. The van der Waals surface area contributed by atoms with E-state index >= 15 is 0 Å². The lowest BCUT2D eigenvalue weighted by molar-refractivity contribution is -0.143. The van der Waals surface area contributed by atoms with E-state index in [1.165, 1.54) is 4.90 Å². The van der Waals surface area contributed by atoms with Crippen molar-refractivity contribution in [2.75, 3.05) is 6.54 Å². The molecule has 4 atom stereocenters. The topological polar surface area (TPSA) is 113 Å². The van der Waals surface area contributed by atoms with Crippen LogP contribution in [-0.4, -0.2) is 57.3 Å². The van der Waals surface area contributed by atoms with Crippen molar-refractivity contribution in [3.63, 3.8) is 0 Å². The number of benzene rings is 1. The number of hydrogen-bond donors (Lipinski definition) is 3. The molecule has 0 bridgehead atoms. The van der Waals surface area contributed by atoms with E-state index in [-0.39, 0.29) is 11.9 Å². The van der Waals surface area contributed by atoms with E-state index in [2.05, 4.69) is 26.1 Å². The van der Waals surface area contributed by atoms with Crippen LogP contribution < -0.4 is 11.1 Å². The van der Waals surface area contributed by atoms with E-state index in [1.807, 2.05) is 30.3 Å². The minimum Gasteiger partial charge on any atom is -0.481 e. The summed E-state index contributed by atoms with van der Waals surface area (Å²) in [5.41, 5.74) is 6.86. The number of carboxylic acids is 1. The minimum atomic E-state index is -1.16. The van der Waals surface area contributed by atoms with Crippen molar-refractivity contribution in [2.24, 2.45) is 17.6 Å². The number of carbonyl (C=O) groups is 3. The molecule has 1 aliphatic rings. The lowest BCUT2D eigenvalue weighted by Gasteiger charge is -2.29. The average Bonchev–Trinajstić information content (AvgIpc) is 3.22. The summed E-state index contributed by atoms with van der Waals surface area (Å²) in [7, 11) is 0. The van der Waals surface area contributed by atoms with Gasteiger partial charge in [0.15, 0.2) is 0 Å². The Balaban J connectivity index is 2.13. The van der Waals surface area contributed by atoms with Crippen LogP contribution in [0.1, 0.15) is 58.4 Å². The Kier molecular flexibility index (Phi) is 10.4. The first-order valence-electron chi connectivity index (χ1n) is 11.7. The van der Waals surface area contributed by atoms with Gasteiger partial charge in [0, 0.05) is 11.4 Å². The molecule has 33 heavy (non-hydrogen) atoms. The molecule has 0 aliphatic carbocycles. The summed E-state index contributed by atoms with van der Waals surface area (Å²) in [6.07, 6.45) is 3.10. The van der Waals surface area contributed by atoms with Gasteiger partial charge in [-0.1, -0.05) is 63.3 Å². The summed E-state index contributed by atoms with van der Waals surface area (Å²) in [5.74, 6) is -0.921. The van der Waals surface area contributed by atoms with E-state index in [0.717, 1.165) is 23.3 Å². The molecule has 0 saturated carbocycles. The number of aliphatic carboxylic acids is 1. The van der Waals surface area contributed by atoms with Crippen LogP contribution in [-0.2, 0) is 20.8 Å². The van der Waals surface area contributed by atoms with Gasteiger partial charge in [0.25, 0.3) is 0 Å². The third-order valence-electron chi connectivity index (χ3n) is 5.96. The second-order valence-corrected chi connectivity index (χ2v) is 10.1. The fourth-order valence-electron chi connectivity index (χ4n) is 4.53. The maximum absolute atomic E-state index is 13.3. The molecule has 4 N–H and O–H groups in total. The molecule has 0 aromatic heterocycles. The van der Waals surface area contributed by atoms with Crippen LogP contribution in [0.5, 0.6) is 0 Å². The predicted octanol–water partition coefficient (Wildman–Crippen LogP) is 2.95. The molecule has 1 fully saturated rings. The van der Waals surface area contributed by atoms with Crippen molar-refractivity contribution < 1.29 is 19.5 Å². The molecule has 0 spiro atoms. The predicted molar refractivity (Wildman–Crippen MR) is 133 cm³/mol. The van der Waals surface area contributed by atoms with E-state index in [1.54, 1.807) is 0 Å². The zero-order chi connectivity index (χ0) is 24.5. The molecular formula is C25H37N3O4S. The van der Waals surface area contributed by atoms with E-state index < -0.39 is 30.4 Å². The van der Waals surface area contributed by atoms with Gasteiger partial charge in [-0.3, -0.25) is 14.4 Å². The largest absolute Gasteiger partial charge is 0.481 e. The second kappa shape index (κ2) is 12.8. The van der Waals surface area contributed by atoms with E-state index in [9.17, 15) is 14.4 Å². The molecular weight excluding hydrogens is 438 g/mol. The Morgan fingerprint density at radius 3 is 2.45 bits per heavy atom. The van der Waals surface area contributed by atoms with Crippen LogP contribution in [0.3, 0.4) is 0 Å². The van der Waals surface area contributed by atoms with Gasteiger partial charge in [0.05, 0.1) is 18.5 Å². The maximum Gasteiger partial charge on any atom is 0.305 e. The zero-order valence-electron chi connectivity index (χ0n) is 19.8. The van der Waals surface area contributed by atoms with Crippen molar-refractivity contribution in [1.29, 1.82) is 0 Å². The normalized spacial score (nSPS) is 18.6. The van der Waals surface area contributed by atoms with Gasteiger partial charge in [0.2, 0.25) is 11.8 Å². The first-order chi connectivity index (χ1) is 15.6. The number of nitrogens with two attached hydrogens (primary N) is 1. The Bertz CT molecular complexity index is 830. The molecule has 7 nitrogen and oxygen atoms in total. The van der Waals surface area contributed by atoms with Crippen LogP contribution >= 0.6 is 12.2 Å². The number of hydrogen-bond acceptors (Lipinski definition) is 5. The van der Waals surface area contributed by atoms with Crippen LogP contribution in [0.4, 0.5) is 0 Å². The van der Waals surface area contributed by atoms with E-state index in [0.29, 0.717) is 37.6 Å². The van der Waals surface area contributed by atoms with Crippen molar-refractivity contribution in [1.82, 2.24) is 10.2 Å². The molecule has 2 amide bonds. The Hall–Kier alpha value is -2.32. The highest BCUT2D eigenvalue weighted by Gasteiger charge is 2.37. The number of likely N-dealkylation sites (tertiary alicyclic amines) is 1. The Morgan fingerprint density at radius 2 is 1.85 bits per heavy atom. The number of nitrogens with one attached hydrogen (secondary N) is 1. The lowest BCUT2D eigenvalue weighted by atomic mass is 9.91. The summed E-state index contributed by atoms with van der Waals surface area (Å²) in [6, 6.07) is 7.74. The van der Waals surface area contributed by atoms with E-state index in [4.69, 9.17) is 23.1 Å². The number of thiocarbonyl (C=S) groups is 1. The highest BCUT2D eigenvalue weighted by Crippen LogP contribution is 2.21. The van der Waals surface area contributed by atoms with Gasteiger partial charge < -0.3 is 21.1 Å². The molecule has 1 heterocycles. The second-order valence-electron chi connectivity index (χ2n) is 9.55.